The molecule has 1 atom stereocenters. The van der Waals surface area contributed by atoms with Crippen molar-refractivity contribution in [2.24, 2.45) is 5.92 Å². The third-order valence-corrected chi connectivity index (χ3v) is 7.19. The van der Waals surface area contributed by atoms with E-state index in [4.69, 9.17) is 16.6 Å². The normalized spacial score (nSPS) is 15.2. The summed E-state index contributed by atoms with van der Waals surface area (Å²) in [5.74, 6) is -0.671. The number of aromatic nitrogens is 2. The summed E-state index contributed by atoms with van der Waals surface area (Å²) < 4.78 is 0. The highest BCUT2D eigenvalue weighted by Crippen LogP contribution is 2.35. The summed E-state index contributed by atoms with van der Waals surface area (Å²) in [5.41, 5.74) is 4.54. The SMILES string of the molecule is Cc1ccccc1CCc1nc(N2CCC[C@H]2c2ccc(Cl)cc2)ncc1C(=O)N(CC(=O)O)CC(C)C. The molecule has 1 fully saturated rings. The number of amides is 1. The zero-order chi connectivity index (χ0) is 27.2. The van der Waals surface area contributed by atoms with E-state index in [1.165, 1.54) is 16.0 Å². The van der Waals surface area contributed by atoms with Crippen LogP contribution in [0.3, 0.4) is 0 Å². The molecule has 1 saturated heterocycles. The largest absolute Gasteiger partial charge is 0.480 e. The Hall–Kier alpha value is -3.45. The Bertz CT molecular complexity index is 1280. The highest BCUT2D eigenvalue weighted by atomic mass is 35.5. The highest BCUT2D eigenvalue weighted by molar-refractivity contribution is 6.30. The Labute approximate surface area is 229 Å². The van der Waals surface area contributed by atoms with Crippen LogP contribution in [0.2, 0.25) is 5.02 Å². The van der Waals surface area contributed by atoms with Gasteiger partial charge in [0.15, 0.2) is 0 Å². The van der Waals surface area contributed by atoms with Gasteiger partial charge in [0.1, 0.15) is 6.54 Å². The quantitative estimate of drug-likeness (QED) is 0.356. The van der Waals surface area contributed by atoms with Crippen LogP contribution >= 0.6 is 11.6 Å². The molecule has 7 nitrogen and oxygen atoms in total. The Morgan fingerprint density at radius 2 is 1.87 bits per heavy atom. The molecule has 8 heteroatoms. The fraction of sp³-hybridized carbons (Fsp3) is 0.400. The molecule has 2 heterocycles. The fourth-order valence-electron chi connectivity index (χ4n) is 5.09. The molecule has 1 N–H and O–H groups in total. The number of benzene rings is 2. The molecule has 0 saturated carbocycles. The Balaban J connectivity index is 1.69. The summed E-state index contributed by atoms with van der Waals surface area (Å²) in [5, 5.41) is 10.1. The van der Waals surface area contributed by atoms with Gasteiger partial charge >= 0.3 is 5.97 Å². The number of carboxylic acid groups (broad SMARTS) is 1. The number of carbonyl (C=O) groups is 2. The smallest absolute Gasteiger partial charge is 0.323 e. The summed E-state index contributed by atoms with van der Waals surface area (Å²) in [4.78, 5) is 38.3. The van der Waals surface area contributed by atoms with Crippen LogP contribution in [-0.4, -0.2) is 51.5 Å². The molecular weight excluding hydrogens is 500 g/mol. The van der Waals surface area contributed by atoms with Crippen molar-refractivity contribution >= 4 is 29.4 Å². The first-order valence-corrected chi connectivity index (χ1v) is 13.5. The fourth-order valence-corrected chi connectivity index (χ4v) is 5.22. The number of anilines is 1. The predicted octanol–water partition coefficient (Wildman–Crippen LogP) is 5.75. The number of carboxylic acids is 1. The maximum atomic E-state index is 13.6. The molecule has 0 spiro atoms. The highest BCUT2D eigenvalue weighted by Gasteiger charge is 2.30. The third-order valence-electron chi connectivity index (χ3n) is 6.94. The van der Waals surface area contributed by atoms with Crippen LogP contribution in [0.15, 0.2) is 54.7 Å². The van der Waals surface area contributed by atoms with Gasteiger partial charge in [-0.3, -0.25) is 9.59 Å². The lowest BCUT2D eigenvalue weighted by Gasteiger charge is -2.27. The van der Waals surface area contributed by atoms with Crippen molar-refractivity contribution in [3.8, 4) is 0 Å². The molecule has 2 aromatic carbocycles. The van der Waals surface area contributed by atoms with E-state index in [0.717, 1.165) is 24.9 Å². The van der Waals surface area contributed by atoms with Crippen molar-refractivity contribution in [3.05, 3.63) is 87.7 Å². The monoisotopic (exact) mass is 534 g/mol. The first kappa shape index (κ1) is 27.6. The predicted molar refractivity (Wildman–Crippen MR) is 150 cm³/mol. The van der Waals surface area contributed by atoms with E-state index >= 15 is 0 Å². The van der Waals surface area contributed by atoms with Crippen LogP contribution < -0.4 is 4.90 Å². The van der Waals surface area contributed by atoms with Crippen molar-refractivity contribution in [2.75, 3.05) is 24.5 Å². The second-order valence-corrected chi connectivity index (χ2v) is 10.8. The lowest BCUT2D eigenvalue weighted by atomic mass is 10.0. The van der Waals surface area contributed by atoms with Crippen molar-refractivity contribution < 1.29 is 14.7 Å². The molecule has 1 aliphatic heterocycles. The Morgan fingerprint density at radius 1 is 1.13 bits per heavy atom. The molecule has 0 unspecified atom stereocenters. The van der Waals surface area contributed by atoms with E-state index in [2.05, 4.69) is 28.9 Å². The van der Waals surface area contributed by atoms with Gasteiger partial charge in [0.25, 0.3) is 5.91 Å². The lowest BCUT2D eigenvalue weighted by molar-refractivity contribution is -0.137. The molecule has 0 bridgehead atoms. The Kier molecular flexibility index (Phi) is 9.00. The van der Waals surface area contributed by atoms with Crippen LogP contribution in [0.1, 0.15) is 65.5 Å². The second kappa shape index (κ2) is 12.4. The molecule has 1 amide bonds. The zero-order valence-electron chi connectivity index (χ0n) is 22.2. The number of halogens is 1. The number of aryl methyl sites for hydroxylation is 3. The average Bonchev–Trinajstić information content (AvgIpc) is 3.37. The van der Waals surface area contributed by atoms with E-state index in [1.54, 1.807) is 6.20 Å². The van der Waals surface area contributed by atoms with E-state index in [-0.39, 0.29) is 24.4 Å². The summed E-state index contributed by atoms with van der Waals surface area (Å²) in [6.07, 6.45) is 4.84. The average molecular weight is 535 g/mol. The van der Waals surface area contributed by atoms with Gasteiger partial charge in [0, 0.05) is 24.3 Å². The van der Waals surface area contributed by atoms with Crippen molar-refractivity contribution in [3.63, 3.8) is 0 Å². The number of hydrogen-bond donors (Lipinski definition) is 1. The van der Waals surface area contributed by atoms with Gasteiger partial charge in [0.2, 0.25) is 5.95 Å². The molecule has 200 valence electrons. The summed E-state index contributed by atoms with van der Waals surface area (Å²) in [7, 11) is 0. The topological polar surface area (TPSA) is 86.6 Å². The van der Waals surface area contributed by atoms with Crippen molar-refractivity contribution in [1.29, 1.82) is 0 Å². The van der Waals surface area contributed by atoms with E-state index < -0.39 is 5.97 Å². The molecule has 4 rings (SSSR count). The van der Waals surface area contributed by atoms with E-state index in [0.29, 0.717) is 41.6 Å². The summed E-state index contributed by atoms with van der Waals surface area (Å²) in [6.45, 7) is 6.80. The van der Waals surface area contributed by atoms with Gasteiger partial charge in [-0.1, -0.05) is 61.8 Å². The minimum Gasteiger partial charge on any atom is -0.480 e. The van der Waals surface area contributed by atoms with E-state index in [1.807, 2.05) is 50.2 Å². The number of nitrogens with zero attached hydrogens (tertiary/aromatic N) is 4. The first-order chi connectivity index (χ1) is 18.2. The minimum atomic E-state index is -1.04. The van der Waals surface area contributed by atoms with Crippen LogP contribution in [0.4, 0.5) is 5.95 Å². The third kappa shape index (κ3) is 6.70. The molecule has 0 aliphatic carbocycles. The van der Waals surface area contributed by atoms with Gasteiger partial charge in [-0.05, 0) is 67.3 Å². The van der Waals surface area contributed by atoms with Crippen LogP contribution in [0, 0.1) is 12.8 Å². The minimum absolute atomic E-state index is 0.124. The molecule has 3 aromatic rings. The molecule has 0 radical (unpaired) electrons. The van der Waals surface area contributed by atoms with Crippen LogP contribution in [-0.2, 0) is 17.6 Å². The van der Waals surface area contributed by atoms with Gasteiger partial charge in [-0.2, -0.15) is 0 Å². The lowest BCUT2D eigenvalue weighted by Crippen LogP contribution is -2.39. The number of carbonyl (C=O) groups excluding carboxylic acids is 1. The number of aliphatic carboxylic acids is 1. The standard InChI is InChI=1S/C30H35ClN4O3/c1-20(2)18-34(19-28(36)37)29(38)25-17-32-30(33-26(25)15-12-22-8-5-4-7-21(22)3)35-16-6-9-27(35)23-10-13-24(31)14-11-23/h4-5,7-8,10-11,13-14,17,20,27H,6,9,12,15-16,18-19H2,1-3H3,(H,36,37)/t27-/m0/s1. The second-order valence-electron chi connectivity index (χ2n) is 10.3. The molecule has 1 aromatic heterocycles. The molecule has 1 aliphatic rings. The van der Waals surface area contributed by atoms with Crippen LogP contribution in [0.25, 0.3) is 0 Å². The summed E-state index contributed by atoms with van der Waals surface area (Å²) in [6, 6.07) is 16.2. The zero-order valence-corrected chi connectivity index (χ0v) is 23.0. The number of rotatable bonds is 10. The van der Waals surface area contributed by atoms with Gasteiger partial charge in [0.05, 0.1) is 17.3 Å². The Morgan fingerprint density at radius 3 is 2.55 bits per heavy atom. The van der Waals surface area contributed by atoms with Gasteiger partial charge < -0.3 is 14.9 Å². The molecule has 38 heavy (non-hydrogen) atoms. The van der Waals surface area contributed by atoms with Gasteiger partial charge in [-0.15, -0.1) is 0 Å². The van der Waals surface area contributed by atoms with Crippen molar-refractivity contribution in [2.45, 2.75) is 52.5 Å². The van der Waals surface area contributed by atoms with Gasteiger partial charge in [-0.25, -0.2) is 9.97 Å². The van der Waals surface area contributed by atoms with Crippen molar-refractivity contribution in [1.82, 2.24) is 14.9 Å². The number of hydrogen-bond acceptors (Lipinski definition) is 5. The molecular formula is C30H35ClN4O3. The van der Waals surface area contributed by atoms with Crippen LogP contribution in [0.5, 0.6) is 0 Å². The van der Waals surface area contributed by atoms with E-state index in [9.17, 15) is 14.7 Å². The summed E-state index contributed by atoms with van der Waals surface area (Å²) >= 11 is 6.11. The maximum absolute atomic E-state index is 13.6. The first-order valence-electron chi connectivity index (χ1n) is 13.2. The maximum Gasteiger partial charge on any atom is 0.323 e.